The van der Waals surface area contributed by atoms with Crippen molar-refractivity contribution in [2.24, 2.45) is 35.2 Å². The van der Waals surface area contributed by atoms with Gasteiger partial charge in [-0.05, 0) is 285 Å². The van der Waals surface area contributed by atoms with Crippen molar-refractivity contribution in [1.29, 1.82) is 0 Å². The van der Waals surface area contributed by atoms with Crippen LogP contribution < -0.4 is 22.8 Å². The zero-order valence-corrected chi connectivity index (χ0v) is 79.9. The molecule has 658 valence electrons. The molecule has 0 aliphatic heterocycles. The van der Waals surface area contributed by atoms with Crippen molar-refractivity contribution in [3.05, 3.63) is 398 Å². The number of fused-ring (bicyclic) bond motifs is 7. The first kappa shape index (κ1) is 85.4. The highest BCUT2D eigenvalue weighted by Gasteiger charge is 2.31. The third-order valence-corrected chi connectivity index (χ3v) is 26.3. The van der Waals surface area contributed by atoms with Gasteiger partial charge in [0.15, 0.2) is 28.5 Å². The van der Waals surface area contributed by atoms with Crippen LogP contribution in [0.5, 0.6) is 0 Å². The topological polar surface area (TPSA) is 19.4 Å². The Morgan fingerprint density at radius 1 is 0.237 bits per heavy atom. The van der Waals surface area contributed by atoms with Crippen LogP contribution >= 0.6 is 0 Å². The fraction of sp³-hybridized carbons (Fsp3) is 0.215. The van der Waals surface area contributed by atoms with E-state index in [2.05, 4.69) is 227 Å². The van der Waals surface area contributed by atoms with Crippen LogP contribution in [0, 0.1) is 119 Å². The number of benzene rings is 14. The number of hydrogen-bond donors (Lipinski definition) is 0. The predicted molar refractivity (Wildman–Crippen MR) is 537 cm³/mol. The van der Waals surface area contributed by atoms with E-state index in [-0.39, 0.29) is 39.9 Å². The quantitative estimate of drug-likeness (QED) is 0.112. The Hall–Kier alpha value is -13.7. The van der Waals surface area contributed by atoms with Crippen LogP contribution in [0.15, 0.2) is 285 Å². The summed E-state index contributed by atoms with van der Waals surface area (Å²) in [4.78, 5) is 0. The number of rotatable bonds is 7. The fourth-order valence-corrected chi connectivity index (χ4v) is 18.6. The molecule has 0 saturated carbocycles. The van der Waals surface area contributed by atoms with Crippen LogP contribution in [0.2, 0.25) is 0 Å². The molecule has 0 spiro atoms. The number of nitrogens with zero attached hydrogens (tertiary/aromatic N) is 5. The second-order valence-electron chi connectivity index (χ2n) is 37.3. The molecule has 0 amide bonds. The van der Waals surface area contributed by atoms with E-state index >= 15 is 0 Å². The van der Waals surface area contributed by atoms with Crippen LogP contribution in [-0.2, 0) is 46.1 Å². The molecule has 131 heavy (non-hydrogen) atoms. The summed E-state index contributed by atoms with van der Waals surface area (Å²) < 4.78 is 123. The third kappa shape index (κ3) is 18.3. The summed E-state index contributed by atoms with van der Waals surface area (Å²) in [6.07, 6.45) is 0. The first-order chi connectivity index (χ1) is 64.4. The molecule has 19 rings (SSSR count). The van der Waals surface area contributed by atoms with Gasteiger partial charge in [0.2, 0.25) is 28.5 Å². The Kier molecular flexibility index (Phi) is 24.1. The average molecular weight is 1740 g/mol. The summed E-state index contributed by atoms with van der Waals surface area (Å²) in [5.41, 5.74) is 29.0. The molecular formula is C121H119F5N5+5. The Morgan fingerprint density at radius 3 is 0.992 bits per heavy atom. The van der Waals surface area contributed by atoms with E-state index in [1.807, 2.05) is 143 Å². The molecule has 0 saturated heterocycles. The summed E-state index contributed by atoms with van der Waals surface area (Å²) in [7, 11) is 9.92. The van der Waals surface area contributed by atoms with Crippen molar-refractivity contribution in [2.75, 3.05) is 0 Å². The molecule has 0 fully saturated rings. The predicted octanol–water partition coefficient (Wildman–Crippen LogP) is 29.6. The minimum Gasteiger partial charge on any atom is -0.207 e. The lowest BCUT2D eigenvalue weighted by atomic mass is 9.80. The van der Waals surface area contributed by atoms with Gasteiger partial charge in [-0.3, -0.25) is 0 Å². The van der Waals surface area contributed by atoms with Crippen molar-refractivity contribution < 1.29 is 51.6 Å². The van der Waals surface area contributed by atoms with Gasteiger partial charge in [0, 0.05) is 76.0 Å². The van der Waals surface area contributed by atoms with Crippen molar-refractivity contribution in [3.8, 4) is 78.5 Å². The number of aryl methyl sites for hydroxylation is 6. The Labute approximate surface area is 776 Å². The molecule has 0 aliphatic carbocycles. The maximum atomic E-state index is 14.8. The number of hydrogen-bond acceptors (Lipinski definition) is 0. The normalized spacial score (nSPS) is 12.1. The first-order valence-corrected chi connectivity index (χ1v) is 44.8. The summed E-state index contributed by atoms with van der Waals surface area (Å²) in [6.45, 7) is 39.3. The zero-order valence-electron chi connectivity index (χ0n) is 84.9. The van der Waals surface area contributed by atoms with Gasteiger partial charge >= 0.3 is 0 Å². The molecule has 0 radical (unpaired) electrons. The molecule has 10 heteroatoms. The van der Waals surface area contributed by atoms with E-state index in [9.17, 15) is 22.0 Å². The van der Waals surface area contributed by atoms with Gasteiger partial charge < -0.3 is 0 Å². The van der Waals surface area contributed by atoms with Crippen LogP contribution in [0.25, 0.3) is 154 Å². The summed E-state index contributed by atoms with van der Waals surface area (Å²) in [6, 6.07) is 84.3. The number of pyridine rings is 5. The molecule has 0 N–H and O–H groups in total. The van der Waals surface area contributed by atoms with Crippen molar-refractivity contribution in [1.82, 2.24) is 0 Å². The molecule has 5 heterocycles. The average Bonchev–Trinajstić information content (AvgIpc) is 0.748. The van der Waals surface area contributed by atoms with Crippen LogP contribution in [0.3, 0.4) is 0 Å². The lowest BCUT2D eigenvalue weighted by Crippen LogP contribution is -2.35. The van der Waals surface area contributed by atoms with Gasteiger partial charge in [0.25, 0.3) is 0 Å². The number of halogens is 5. The Morgan fingerprint density at radius 2 is 0.573 bits per heavy atom. The van der Waals surface area contributed by atoms with Crippen molar-refractivity contribution >= 4 is 75.4 Å². The summed E-state index contributed by atoms with van der Waals surface area (Å²) >= 11 is 0. The minimum absolute atomic E-state index is 0.0391. The van der Waals surface area contributed by atoms with E-state index in [0.717, 1.165) is 122 Å². The number of aromatic nitrogens is 5. The van der Waals surface area contributed by atoms with Gasteiger partial charge in [-0.25, -0.2) is 22.0 Å². The summed E-state index contributed by atoms with van der Waals surface area (Å²) in [5, 5.41) is 13.8. The molecular weight excluding hydrogens is 1620 g/mol. The van der Waals surface area contributed by atoms with E-state index in [1.165, 1.54) is 125 Å². The van der Waals surface area contributed by atoms with Gasteiger partial charge in [0.05, 0.1) is 56.0 Å². The standard InChI is InChI=1S/C27H30N.C26H28N.C24H20F2N.C24H21FN.C20H20F2N/c1-17-12-13-22-20(14-17)15-18(2)28(7)26(22)24-16-25(27(4,5)6)23-11-9-8-10-21(23)19(24)3;1-17-15-19-11-7-8-13-21(19)25(27(17)6)23-16-24(26(3,4)5)22-14-10-9-12-20(22)18(23)2;1-15-11-23(26)22(17-7-5-4-6-8-17)14-21(15)24-20-10-9-19(25)13-18(20)12-16(2)27(24)3;1-16-13-19(18-7-5-4-6-8-18)9-11-22(16)24-23-12-10-21(25)15-20(23)14-17(2)26(24)3;1-11-8-18(13(3)14(4)19(11)22)20-17-7-6-16(21)10-15(17)9-12(2)23(20)5/h8-16H,1-7H3;7-16H,1-6H3;4-14H,1-3H3;4-15H,1-3H3;6-10H,1-5H3/q5*+1/i2*15D;12D;14D;9D. The molecule has 5 nitrogen and oxygen atoms in total. The maximum absolute atomic E-state index is 14.8. The highest BCUT2D eigenvalue weighted by atomic mass is 19.1. The minimum atomic E-state index is -0.374. The van der Waals surface area contributed by atoms with Crippen molar-refractivity contribution in [2.45, 2.75) is 142 Å². The van der Waals surface area contributed by atoms with E-state index in [1.54, 1.807) is 32.0 Å². The van der Waals surface area contributed by atoms with Gasteiger partial charge in [-0.2, -0.15) is 22.8 Å². The zero-order chi connectivity index (χ0) is 98.2. The van der Waals surface area contributed by atoms with Gasteiger partial charge in [-0.15, -0.1) is 0 Å². The molecule has 0 atom stereocenters. The molecule has 19 aromatic rings. The molecule has 0 aliphatic rings. The second kappa shape index (κ2) is 37.0. The van der Waals surface area contributed by atoms with Gasteiger partial charge in [0.1, 0.15) is 64.3 Å². The largest absolute Gasteiger partial charge is 0.220 e. The first-order valence-electron chi connectivity index (χ1n) is 47.3. The second-order valence-corrected chi connectivity index (χ2v) is 37.3. The molecule has 5 aromatic heterocycles. The van der Waals surface area contributed by atoms with Crippen LogP contribution in [-0.4, -0.2) is 0 Å². The Balaban J connectivity index is 0.000000129. The van der Waals surface area contributed by atoms with Crippen LogP contribution in [0.1, 0.15) is 133 Å². The summed E-state index contributed by atoms with van der Waals surface area (Å²) in [5.74, 6) is -1.52. The molecule has 0 bridgehead atoms. The third-order valence-electron chi connectivity index (χ3n) is 26.3. The SMILES string of the molecule is [2H]c1c(C)[n+](C)c(-c2cc(-c3ccccc3)c(F)cc2C)c2ccc(F)cc12.[2H]c1c(C)[n+](C)c(-c2cc(C(C)(C)C)c3ccccc3c2C)c2ccc(C)cc12.[2H]c1c(C)[n+](C)c(-c2cc(C(C)(C)C)c3ccccc3c2C)c2ccccc12.[2H]c1c(C)[n+](C)c(-c2cc(C)c(F)c(C)c2C)c2ccc(F)cc12.[2H]c1c(C)[n+](C)c(-c2ccc(-c3ccccc3)cc2C)c2ccc(F)cc12. The highest BCUT2D eigenvalue weighted by Crippen LogP contribution is 2.44. The monoisotopic (exact) mass is 1740 g/mol. The maximum Gasteiger partial charge on any atom is 0.220 e. The van der Waals surface area contributed by atoms with E-state index < -0.39 is 0 Å². The lowest BCUT2D eigenvalue weighted by Gasteiger charge is -2.24. The smallest absolute Gasteiger partial charge is 0.207 e. The van der Waals surface area contributed by atoms with Crippen molar-refractivity contribution in [3.63, 3.8) is 0 Å². The highest BCUT2D eigenvalue weighted by molar-refractivity contribution is 6.03. The molecule has 14 aromatic carbocycles. The lowest BCUT2D eigenvalue weighted by molar-refractivity contribution is -0.665. The fourth-order valence-electron chi connectivity index (χ4n) is 18.6. The van der Waals surface area contributed by atoms with Gasteiger partial charge in [-0.1, -0.05) is 199 Å². The Bertz CT molecular complexity index is 8070. The van der Waals surface area contributed by atoms with E-state index in [4.69, 9.17) is 6.85 Å². The molecule has 0 unspecified atom stereocenters. The van der Waals surface area contributed by atoms with Crippen LogP contribution in [0.4, 0.5) is 22.0 Å². The van der Waals surface area contributed by atoms with E-state index in [0.29, 0.717) is 63.1 Å².